The van der Waals surface area contributed by atoms with Gasteiger partial charge in [-0.1, -0.05) is 0 Å². The molecule has 5 nitrogen and oxygen atoms in total. The van der Waals surface area contributed by atoms with Gasteiger partial charge in [0.15, 0.2) is 0 Å². The number of rotatable bonds is 6. The lowest BCUT2D eigenvalue weighted by atomic mass is 10.2. The van der Waals surface area contributed by atoms with Crippen molar-refractivity contribution in [1.82, 2.24) is 4.72 Å². The summed E-state index contributed by atoms with van der Waals surface area (Å²) in [5.74, 6) is 0. The van der Waals surface area contributed by atoms with Crippen molar-refractivity contribution in [1.29, 1.82) is 0 Å². The van der Waals surface area contributed by atoms with Crippen LogP contribution in [-0.4, -0.2) is 37.7 Å². The predicted octanol–water partition coefficient (Wildman–Crippen LogP) is 0.968. The Labute approximate surface area is 118 Å². The van der Waals surface area contributed by atoms with Gasteiger partial charge in [0.1, 0.15) is 0 Å². The van der Waals surface area contributed by atoms with Gasteiger partial charge in [-0.3, -0.25) is 0 Å². The Morgan fingerprint density at radius 3 is 2.53 bits per heavy atom. The number of aliphatic hydroxyl groups is 1. The first kappa shape index (κ1) is 16.3. The molecule has 4 N–H and O–H groups in total. The highest BCUT2D eigenvalue weighted by Crippen LogP contribution is 2.18. The number of aliphatic hydroxyl groups excluding tert-OH is 1. The van der Waals surface area contributed by atoms with Crippen LogP contribution >= 0.6 is 11.8 Å². The summed E-state index contributed by atoms with van der Waals surface area (Å²) < 4.78 is 27.0. The van der Waals surface area contributed by atoms with E-state index in [1.165, 1.54) is 17.8 Å². The highest BCUT2D eigenvalue weighted by Gasteiger charge is 2.23. The summed E-state index contributed by atoms with van der Waals surface area (Å²) in [5, 5.41) is 8.99. The second-order valence-corrected chi connectivity index (χ2v) is 7.24. The van der Waals surface area contributed by atoms with E-state index >= 15 is 0 Å². The van der Waals surface area contributed by atoms with E-state index in [4.69, 9.17) is 5.73 Å². The van der Waals surface area contributed by atoms with Gasteiger partial charge in [-0.05, 0) is 43.9 Å². The summed E-state index contributed by atoms with van der Waals surface area (Å²) in [6.45, 7) is 3.44. The number of nitrogens with one attached hydrogen (secondary N) is 1. The van der Waals surface area contributed by atoms with E-state index in [0.717, 1.165) is 5.56 Å². The number of thioether (sulfide) groups is 1. The third-order valence-corrected chi connectivity index (χ3v) is 5.47. The van der Waals surface area contributed by atoms with Gasteiger partial charge in [0.05, 0.1) is 11.5 Å². The number of benzene rings is 1. The van der Waals surface area contributed by atoms with Gasteiger partial charge in [-0.15, -0.1) is 0 Å². The van der Waals surface area contributed by atoms with Crippen molar-refractivity contribution in [3.63, 3.8) is 0 Å². The average Bonchev–Trinajstić information content (AvgIpc) is 2.28. The summed E-state index contributed by atoms with van der Waals surface area (Å²) in [6, 6.07) is 4.33. The Bertz CT molecular complexity index is 508. The van der Waals surface area contributed by atoms with Gasteiger partial charge in [0.2, 0.25) is 10.0 Å². The smallest absolute Gasteiger partial charge is 0.240 e. The van der Waals surface area contributed by atoms with Crippen LogP contribution in [0.3, 0.4) is 0 Å². The van der Waals surface area contributed by atoms with Crippen molar-refractivity contribution in [2.75, 3.05) is 18.6 Å². The van der Waals surface area contributed by atoms with E-state index in [1.54, 1.807) is 26.0 Å². The topological polar surface area (TPSA) is 92.4 Å². The maximum atomic E-state index is 12.2. The van der Waals surface area contributed by atoms with Gasteiger partial charge in [0, 0.05) is 17.0 Å². The molecule has 0 saturated carbocycles. The molecule has 0 aromatic heterocycles. The van der Waals surface area contributed by atoms with Gasteiger partial charge in [0.25, 0.3) is 0 Å². The van der Waals surface area contributed by atoms with Gasteiger partial charge < -0.3 is 10.8 Å². The number of anilines is 1. The number of aryl methyl sites for hydroxylation is 1. The zero-order valence-corrected chi connectivity index (χ0v) is 12.9. The Kier molecular flexibility index (Phi) is 5.66. The molecule has 7 heteroatoms. The summed E-state index contributed by atoms with van der Waals surface area (Å²) in [5.41, 5.74) is 6.86. The Hall–Kier alpha value is -0.760. The molecule has 1 aromatic rings. The third-order valence-electron chi connectivity index (χ3n) is 2.76. The van der Waals surface area contributed by atoms with Crippen molar-refractivity contribution in [2.24, 2.45) is 0 Å². The monoisotopic (exact) mass is 304 g/mol. The average molecular weight is 304 g/mol. The molecule has 0 fully saturated rings. The van der Waals surface area contributed by atoms with Gasteiger partial charge in [-0.25, -0.2) is 13.1 Å². The zero-order valence-electron chi connectivity index (χ0n) is 11.3. The van der Waals surface area contributed by atoms with Crippen LogP contribution in [0.1, 0.15) is 12.5 Å². The largest absolute Gasteiger partial charge is 0.399 e. The second kappa shape index (κ2) is 6.60. The summed E-state index contributed by atoms with van der Waals surface area (Å²) in [4.78, 5) is 0.148. The maximum absolute atomic E-state index is 12.2. The molecule has 19 heavy (non-hydrogen) atoms. The van der Waals surface area contributed by atoms with E-state index in [-0.39, 0.29) is 22.8 Å². The van der Waals surface area contributed by atoms with Crippen molar-refractivity contribution in [3.05, 3.63) is 23.8 Å². The minimum Gasteiger partial charge on any atom is -0.399 e. The molecule has 0 aliphatic rings. The highest BCUT2D eigenvalue weighted by atomic mass is 32.2. The molecular formula is C12H20N2O3S2. The molecule has 0 spiro atoms. The third kappa shape index (κ3) is 4.38. The fraction of sp³-hybridized carbons (Fsp3) is 0.500. The quantitative estimate of drug-likeness (QED) is 0.681. The lowest BCUT2D eigenvalue weighted by Crippen LogP contribution is -2.41. The fourth-order valence-corrected chi connectivity index (χ4v) is 3.89. The van der Waals surface area contributed by atoms with E-state index in [0.29, 0.717) is 5.69 Å². The SMILES string of the molecule is CSC(CO)C(C)NS(=O)(=O)c1cc(C)cc(N)c1. The van der Waals surface area contributed by atoms with E-state index in [1.807, 2.05) is 6.26 Å². The van der Waals surface area contributed by atoms with Gasteiger partial charge in [-0.2, -0.15) is 11.8 Å². The molecule has 1 aromatic carbocycles. The molecule has 0 bridgehead atoms. The number of sulfonamides is 1. The lowest BCUT2D eigenvalue weighted by molar-refractivity contribution is 0.282. The molecule has 0 heterocycles. The van der Waals surface area contributed by atoms with Crippen LogP contribution in [0.25, 0.3) is 0 Å². The van der Waals surface area contributed by atoms with Gasteiger partial charge >= 0.3 is 0 Å². The maximum Gasteiger partial charge on any atom is 0.240 e. The molecule has 2 unspecified atom stereocenters. The first-order chi connectivity index (χ1) is 8.80. The minimum atomic E-state index is -3.62. The first-order valence-electron chi connectivity index (χ1n) is 5.83. The standard InChI is InChI=1S/C12H20N2O3S2/c1-8-4-10(13)6-11(5-8)19(16,17)14-9(2)12(7-15)18-3/h4-6,9,12,14-15H,7,13H2,1-3H3. The van der Waals surface area contributed by atoms with Crippen LogP contribution in [0, 0.1) is 6.92 Å². The van der Waals surface area contributed by atoms with Crippen LogP contribution < -0.4 is 10.5 Å². The molecule has 1 rings (SSSR count). The predicted molar refractivity (Wildman–Crippen MR) is 79.8 cm³/mol. The van der Waals surface area contributed by atoms with Crippen LogP contribution in [0.2, 0.25) is 0 Å². The zero-order chi connectivity index (χ0) is 14.6. The Morgan fingerprint density at radius 1 is 1.42 bits per heavy atom. The molecule has 2 atom stereocenters. The van der Waals surface area contributed by atoms with Crippen LogP contribution in [0.15, 0.2) is 23.1 Å². The summed E-state index contributed by atoms with van der Waals surface area (Å²) in [7, 11) is -3.62. The van der Waals surface area contributed by atoms with Crippen LogP contribution in [-0.2, 0) is 10.0 Å². The number of hydrogen-bond donors (Lipinski definition) is 3. The number of nitrogen functional groups attached to an aromatic ring is 1. The molecule has 0 aliphatic carbocycles. The van der Waals surface area contributed by atoms with Crippen LogP contribution in [0.5, 0.6) is 0 Å². The first-order valence-corrected chi connectivity index (χ1v) is 8.60. The van der Waals surface area contributed by atoms with E-state index in [9.17, 15) is 13.5 Å². The van der Waals surface area contributed by atoms with E-state index < -0.39 is 10.0 Å². The van der Waals surface area contributed by atoms with Crippen molar-refractivity contribution < 1.29 is 13.5 Å². The molecule has 0 amide bonds. The summed E-state index contributed by atoms with van der Waals surface area (Å²) in [6.07, 6.45) is 1.83. The Balaban J connectivity index is 2.98. The van der Waals surface area contributed by atoms with Crippen molar-refractivity contribution in [2.45, 2.75) is 30.0 Å². The highest BCUT2D eigenvalue weighted by molar-refractivity contribution is 7.99. The van der Waals surface area contributed by atoms with E-state index in [2.05, 4.69) is 4.72 Å². The second-order valence-electron chi connectivity index (χ2n) is 4.45. The van der Waals surface area contributed by atoms with Crippen LogP contribution in [0.4, 0.5) is 5.69 Å². The lowest BCUT2D eigenvalue weighted by Gasteiger charge is -2.21. The number of nitrogens with two attached hydrogens (primary N) is 1. The molecule has 0 aliphatic heterocycles. The Morgan fingerprint density at radius 2 is 2.05 bits per heavy atom. The van der Waals surface area contributed by atoms with Crippen molar-refractivity contribution in [3.8, 4) is 0 Å². The number of hydrogen-bond acceptors (Lipinski definition) is 5. The molecule has 0 saturated heterocycles. The summed E-state index contributed by atoms with van der Waals surface area (Å²) >= 11 is 1.42. The molecule has 0 radical (unpaired) electrons. The normalized spacial score (nSPS) is 15.2. The fourth-order valence-electron chi connectivity index (χ4n) is 1.76. The molecule has 108 valence electrons. The molecular weight excluding hydrogens is 284 g/mol. The minimum absolute atomic E-state index is 0.0825. The van der Waals surface area contributed by atoms with Crippen molar-refractivity contribution >= 4 is 27.5 Å².